The Morgan fingerprint density at radius 2 is 2.04 bits per heavy atom. The normalized spacial score (nSPS) is 15.7. The van der Waals surface area contributed by atoms with Gasteiger partial charge in [-0.25, -0.2) is 0 Å². The van der Waals surface area contributed by atoms with Crippen LogP contribution in [-0.2, 0) is 11.2 Å². The van der Waals surface area contributed by atoms with E-state index >= 15 is 0 Å². The van der Waals surface area contributed by atoms with Crippen LogP contribution in [0.15, 0.2) is 17.1 Å². The van der Waals surface area contributed by atoms with Gasteiger partial charge in [0, 0.05) is 12.1 Å². The molecule has 0 spiro atoms. The van der Waals surface area contributed by atoms with Gasteiger partial charge < -0.3 is 14.6 Å². The van der Waals surface area contributed by atoms with Crippen LogP contribution in [0, 0.1) is 11.3 Å². The second-order valence-electron chi connectivity index (χ2n) is 5.01. The molecule has 1 aromatic rings. The Bertz CT molecular complexity index is 681. The lowest BCUT2D eigenvalue weighted by Crippen LogP contribution is -2.26. The summed E-state index contributed by atoms with van der Waals surface area (Å²) in [5, 5.41) is 17.2. The van der Waals surface area contributed by atoms with Crippen LogP contribution < -0.4 is 9.47 Å². The number of carboxylic acid groups (broad SMARTS) is 1. The summed E-state index contributed by atoms with van der Waals surface area (Å²) >= 11 is 1.08. The molecule has 122 valence electrons. The third kappa shape index (κ3) is 3.59. The largest absolute Gasteiger partial charge is 0.493 e. The van der Waals surface area contributed by atoms with E-state index in [1.54, 1.807) is 21.1 Å². The molecule has 1 N–H and O–H groups in total. The molecule has 1 aliphatic heterocycles. The first-order valence-electron chi connectivity index (χ1n) is 7.09. The minimum Gasteiger partial charge on any atom is -0.493 e. The van der Waals surface area contributed by atoms with E-state index in [0.29, 0.717) is 23.8 Å². The van der Waals surface area contributed by atoms with Gasteiger partial charge >= 0.3 is 5.97 Å². The van der Waals surface area contributed by atoms with Gasteiger partial charge in [-0.1, -0.05) is 0 Å². The summed E-state index contributed by atoms with van der Waals surface area (Å²) in [6.45, 7) is 2.13. The quantitative estimate of drug-likeness (QED) is 0.857. The zero-order valence-electron chi connectivity index (χ0n) is 13.2. The fraction of sp³-hybridized carbons (Fsp3) is 0.438. The molecule has 0 fully saturated rings. The van der Waals surface area contributed by atoms with E-state index in [2.05, 4.69) is 11.1 Å². The van der Waals surface area contributed by atoms with Gasteiger partial charge in [-0.2, -0.15) is 5.26 Å². The minimum atomic E-state index is -0.945. The van der Waals surface area contributed by atoms with Gasteiger partial charge in [0.25, 0.3) is 0 Å². The van der Waals surface area contributed by atoms with Crippen LogP contribution in [0.1, 0.15) is 18.1 Å². The number of carboxylic acids is 1. The highest BCUT2D eigenvalue weighted by Crippen LogP contribution is 2.34. The SMILES string of the molecule is COc1cc2c(cc1OC)C(C(C#N)SC(C)C(=O)O)=NCC2. The van der Waals surface area contributed by atoms with Crippen LogP contribution in [0.3, 0.4) is 0 Å². The number of ether oxygens (including phenoxy) is 2. The lowest BCUT2D eigenvalue weighted by molar-refractivity contribution is -0.136. The van der Waals surface area contributed by atoms with Crippen LogP contribution in [-0.4, -0.2) is 48.1 Å². The van der Waals surface area contributed by atoms with Crippen molar-refractivity contribution in [3.05, 3.63) is 23.3 Å². The molecule has 2 atom stereocenters. The van der Waals surface area contributed by atoms with Gasteiger partial charge in [0.1, 0.15) is 10.5 Å². The van der Waals surface area contributed by atoms with E-state index < -0.39 is 16.5 Å². The zero-order valence-corrected chi connectivity index (χ0v) is 14.0. The molecule has 0 saturated heterocycles. The molecule has 1 heterocycles. The standard InChI is InChI=1S/C16H18N2O4S/c1-9(16(19)20)23-14(8-17)15-11-7-13(22-3)12(21-2)6-10(11)4-5-18-15/h6-7,9,14H,4-5H2,1-3H3,(H,19,20). The molecule has 6 nitrogen and oxygen atoms in total. The molecular formula is C16H18N2O4S. The summed E-state index contributed by atoms with van der Waals surface area (Å²) in [5.41, 5.74) is 2.45. The summed E-state index contributed by atoms with van der Waals surface area (Å²) in [6, 6.07) is 5.86. The molecule has 0 amide bonds. The number of aliphatic imine (C=N–C) groups is 1. The number of carbonyl (C=O) groups is 1. The number of nitriles is 1. The molecule has 0 aromatic heterocycles. The molecule has 7 heteroatoms. The van der Waals surface area contributed by atoms with Crippen LogP contribution in [0.4, 0.5) is 0 Å². The summed E-state index contributed by atoms with van der Waals surface area (Å²) < 4.78 is 10.6. The van der Waals surface area contributed by atoms with Crippen molar-refractivity contribution in [1.29, 1.82) is 5.26 Å². The summed E-state index contributed by atoms with van der Waals surface area (Å²) in [4.78, 5) is 15.5. The Hall–Kier alpha value is -2.20. The number of methoxy groups -OCH3 is 2. The van der Waals surface area contributed by atoms with E-state index in [9.17, 15) is 10.1 Å². The number of hydrogen-bond donors (Lipinski definition) is 1. The Balaban J connectivity index is 2.41. The van der Waals surface area contributed by atoms with Crippen molar-refractivity contribution in [2.45, 2.75) is 23.8 Å². The lowest BCUT2D eigenvalue weighted by atomic mass is 9.95. The number of nitrogens with zero attached hydrogens (tertiary/aromatic N) is 2. The Morgan fingerprint density at radius 1 is 1.39 bits per heavy atom. The summed E-state index contributed by atoms with van der Waals surface area (Å²) in [6.07, 6.45) is 0.747. The monoisotopic (exact) mass is 334 g/mol. The molecule has 0 saturated carbocycles. The van der Waals surface area contributed by atoms with E-state index in [1.807, 2.05) is 12.1 Å². The highest BCUT2D eigenvalue weighted by molar-refractivity contribution is 8.02. The Morgan fingerprint density at radius 3 is 2.61 bits per heavy atom. The second-order valence-corrected chi connectivity index (χ2v) is 6.46. The maximum absolute atomic E-state index is 11.1. The van der Waals surface area contributed by atoms with Crippen LogP contribution >= 0.6 is 11.8 Å². The van der Waals surface area contributed by atoms with Crippen molar-refractivity contribution >= 4 is 23.4 Å². The van der Waals surface area contributed by atoms with Crippen molar-refractivity contribution in [1.82, 2.24) is 0 Å². The summed E-state index contributed by atoms with van der Waals surface area (Å²) in [5.74, 6) is 0.251. The van der Waals surface area contributed by atoms with Gasteiger partial charge in [0.2, 0.25) is 0 Å². The fourth-order valence-electron chi connectivity index (χ4n) is 2.39. The molecule has 1 aliphatic rings. The molecule has 1 aromatic carbocycles. The van der Waals surface area contributed by atoms with Gasteiger partial charge in [-0.15, -0.1) is 11.8 Å². The zero-order chi connectivity index (χ0) is 17.0. The number of rotatable bonds is 6. The van der Waals surface area contributed by atoms with Crippen molar-refractivity contribution in [2.24, 2.45) is 4.99 Å². The fourth-order valence-corrected chi connectivity index (χ4v) is 3.31. The maximum atomic E-state index is 11.1. The lowest BCUT2D eigenvalue weighted by Gasteiger charge is -2.22. The molecule has 23 heavy (non-hydrogen) atoms. The predicted octanol–water partition coefficient (Wildman–Crippen LogP) is 2.15. The van der Waals surface area contributed by atoms with E-state index in [0.717, 1.165) is 29.3 Å². The first-order valence-corrected chi connectivity index (χ1v) is 8.03. The molecule has 0 radical (unpaired) electrons. The average Bonchev–Trinajstić information content (AvgIpc) is 2.57. The molecule has 2 rings (SSSR count). The van der Waals surface area contributed by atoms with Gasteiger partial charge in [-0.3, -0.25) is 9.79 Å². The van der Waals surface area contributed by atoms with E-state index in [1.165, 1.54) is 0 Å². The van der Waals surface area contributed by atoms with Gasteiger partial charge in [-0.05, 0) is 31.0 Å². The van der Waals surface area contributed by atoms with Crippen molar-refractivity contribution < 1.29 is 19.4 Å². The van der Waals surface area contributed by atoms with Crippen molar-refractivity contribution in [2.75, 3.05) is 20.8 Å². The number of thioether (sulfide) groups is 1. The van der Waals surface area contributed by atoms with Crippen molar-refractivity contribution in [3.8, 4) is 17.6 Å². The van der Waals surface area contributed by atoms with E-state index in [4.69, 9.17) is 14.6 Å². The third-order valence-electron chi connectivity index (χ3n) is 3.60. The number of benzene rings is 1. The number of hydrogen-bond acceptors (Lipinski definition) is 6. The highest BCUT2D eigenvalue weighted by Gasteiger charge is 2.28. The molecular weight excluding hydrogens is 316 g/mol. The number of aliphatic carboxylic acids is 1. The minimum absolute atomic E-state index is 0.564. The topological polar surface area (TPSA) is 91.9 Å². The number of fused-ring (bicyclic) bond motifs is 1. The molecule has 2 unspecified atom stereocenters. The first kappa shape index (κ1) is 17.2. The third-order valence-corrected chi connectivity index (χ3v) is 4.81. The Labute approximate surface area is 139 Å². The highest BCUT2D eigenvalue weighted by atomic mass is 32.2. The smallest absolute Gasteiger partial charge is 0.316 e. The average molecular weight is 334 g/mol. The van der Waals surface area contributed by atoms with Crippen LogP contribution in [0.2, 0.25) is 0 Å². The predicted molar refractivity (Wildman–Crippen MR) is 88.7 cm³/mol. The first-order chi connectivity index (χ1) is 11.0. The second kappa shape index (κ2) is 7.38. The van der Waals surface area contributed by atoms with Gasteiger partial charge in [0.05, 0.1) is 26.0 Å². The summed E-state index contributed by atoms with van der Waals surface area (Å²) in [7, 11) is 3.12. The van der Waals surface area contributed by atoms with Gasteiger partial charge in [0.15, 0.2) is 11.5 Å². The molecule has 0 aliphatic carbocycles. The van der Waals surface area contributed by atoms with Crippen LogP contribution in [0.5, 0.6) is 11.5 Å². The van der Waals surface area contributed by atoms with Crippen LogP contribution in [0.25, 0.3) is 0 Å². The maximum Gasteiger partial charge on any atom is 0.316 e. The van der Waals surface area contributed by atoms with Crippen molar-refractivity contribution in [3.63, 3.8) is 0 Å². The Kier molecular flexibility index (Phi) is 5.50. The molecule has 0 bridgehead atoms. The van der Waals surface area contributed by atoms with E-state index in [-0.39, 0.29) is 0 Å².